The van der Waals surface area contributed by atoms with Crippen LogP contribution in [0.5, 0.6) is 0 Å². The third kappa shape index (κ3) is 5.64. The van der Waals surface area contributed by atoms with Crippen molar-refractivity contribution in [3.8, 4) is 11.1 Å². The van der Waals surface area contributed by atoms with Gasteiger partial charge in [-0.25, -0.2) is 7.05 Å². The van der Waals surface area contributed by atoms with Crippen molar-refractivity contribution < 1.29 is 17.0 Å². The van der Waals surface area contributed by atoms with Crippen LogP contribution in [0.4, 0.5) is 0 Å². The molecule has 5 rings (SSSR count). The second kappa shape index (κ2) is 12.6. The van der Waals surface area contributed by atoms with Crippen LogP contribution in [0.25, 0.3) is 16.3 Å². The van der Waals surface area contributed by atoms with Gasteiger partial charge in [-0.15, -0.1) is 6.58 Å². The molecule has 0 fully saturated rings. The van der Waals surface area contributed by atoms with Gasteiger partial charge in [-0.2, -0.15) is 0 Å². The van der Waals surface area contributed by atoms with Crippen molar-refractivity contribution >= 4 is 25.7 Å². The van der Waals surface area contributed by atoms with Gasteiger partial charge in [-0.1, -0.05) is 101 Å². The van der Waals surface area contributed by atoms with Gasteiger partial charge in [0, 0.05) is 5.16 Å². The van der Waals surface area contributed by atoms with Crippen LogP contribution >= 0.6 is 25.7 Å². The molecule has 3 aliphatic rings. The van der Waals surface area contributed by atoms with Gasteiger partial charge in [0.1, 0.15) is 0 Å². The van der Waals surface area contributed by atoms with Crippen LogP contribution < -0.4 is 0 Å². The van der Waals surface area contributed by atoms with E-state index in [4.69, 9.17) is 18.6 Å². The van der Waals surface area contributed by atoms with E-state index in [1.807, 2.05) is 0 Å². The fourth-order valence-corrected chi connectivity index (χ4v) is 13.5. The number of rotatable bonds is 5. The Balaban J connectivity index is 0.00000127. The molecule has 244 valence electrons. The third-order valence-corrected chi connectivity index (χ3v) is 16.8. The van der Waals surface area contributed by atoms with Crippen LogP contribution in [0.2, 0.25) is 0 Å². The quantitative estimate of drug-likeness (QED) is 0.129. The topological polar surface area (TPSA) is 22.3 Å². The first-order chi connectivity index (χ1) is 19.7. The summed E-state index contributed by atoms with van der Waals surface area (Å²) >= 11 is -0.556. The summed E-state index contributed by atoms with van der Waals surface area (Å²) in [6, 6.07) is 10.3. The molecular formula is C39H58Cl2NPTi-2. The van der Waals surface area contributed by atoms with Crippen molar-refractivity contribution in [2.75, 3.05) is 0 Å². The molecule has 0 aliphatic heterocycles. The Kier molecular flexibility index (Phi) is 10.9. The van der Waals surface area contributed by atoms with Crippen LogP contribution in [0.3, 0.4) is 0 Å². The van der Waals surface area contributed by atoms with Crippen molar-refractivity contribution in [2.45, 2.75) is 153 Å². The van der Waals surface area contributed by atoms with Crippen molar-refractivity contribution in [2.24, 2.45) is 0 Å². The average molecular weight is 691 g/mol. The summed E-state index contributed by atoms with van der Waals surface area (Å²) in [6.07, 6.45) is 7.68. The predicted octanol–water partition coefficient (Wildman–Crippen LogP) is 13.6. The molecule has 0 atom stereocenters. The zero-order chi connectivity index (χ0) is 32.6. The van der Waals surface area contributed by atoms with Crippen LogP contribution in [-0.4, -0.2) is 11.3 Å². The maximum atomic E-state index is 13.3. The van der Waals surface area contributed by atoms with Crippen LogP contribution in [0, 0.1) is 7.43 Å². The number of benzene rings is 2. The molecule has 0 aromatic heterocycles. The van der Waals surface area contributed by atoms with Crippen molar-refractivity contribution in [3.63, 3.8) is 0 Å². The standard InChI is InChI=1S/C38H55NP.CH3.2ClH.Ti/c1-14-15-38(40(39,24(2)3)25(4)5)28-22-32-30(34(6,7)16-18-36(32,10)11)20-26(28)27-21-31-33(23-29(27)38)37(12,13)19-17-35(31,8)9;;;;/h14,20-25H,1,15-19H2,2-13H3;1H3;2*1H;/q2*-1;;;+2/p-2. The molecule has 1 nitrogen and oxygen atoms in total. The molecule has 0 heterocycles. The Bertz CT molecular complexity index is 1370. The Morgan fingerprint density at radius 1 is 0.682 bits per heavy atom. The van der Waals surface area contributed by atoms with Crippen LogP contribution in [0.1, 0.15) is 149 Å². The van der Waals surface area contributed by atoms with Gasteiger partial charge in [0.05, 0.1) is 0 Å². The van der Waals surface area contributed by atoms with E-state index in [0.29, 0.717) is 0 Å². The van der Waals surface area contributed by atoms with Gasteiger partial charge in [-0.05, 0) is 122 Å². The second-order valence-electron chi connectivity index (χ2n) is 16.8. The van der Waals surface area contributed by atoms with E-state index >= 15 is 0 Å². The second-order valence-corrected chi connectivity index (χ2v) is 23.7. The Labute approximate surface area is 288 Å². The maximum absolute atomic E-state index is 13.3. The minimum absolute atomic E-state index is 0. The SMILES string of the molecule is C=CCC1(P(=[N-])(C(C)C)C(C)C)c2cc3c(cc2-c2cc4c(cc21)C(C)(C)CCC4(C)C)C(C)(C)CCC3(C)C.[CH3-].[Cl][Ti][Cl]. The van der Waals surface area contributed by atoms with Gasteiger partial charge in [-0.3, -0.25) is 0 Å². The third-order valence-electron chi connectivity index (χ3n) is 11.8. The molecule has 0 radical (unpaired) electrons. The molecule has 0 N–H and O–H groups in total. The Morgan fingerprint density at radius 2 is 0.955 bits per heavy atom. The van der Waals surface area contributed by atoms with E-state index in [1.165, 1.54) is 70.2 Å². The molecule has 0 saturated heterocycles. The van der Waals surface area contributed by atoms with E-state index in [9.17, 15) is 5.16 Å². The number of halogens is 2. The summed E-state index contributed by atoms with van der Waals surface area (Å²) in [5.41, 5.74) is 12.4. The molecule has 5 heteroatoms. The first-order valence-corrected chi connectivity index (χ1v) is 22.4. The Morgan fingerprint density at radius 3 is 1.20 bits per heavy atom. The van der Waals surface area contributed by atoms with Crippen molar-refractivity contribution in [1.82, 2.24) is 0 Å². The molecule has 2 aromatic carbocycles. The van der Waals surface area contributed by atoms with Crippen molar-refractivity contribution in [1.29, 1.82) is 0 Å². The molecular weight excluding hydrogens is 632 g/mol. The summed E-state index contributed by atoms with van der Waals surface area (Å²) < 4.78 is 0. The number of nitrogens with zero attached hydrogens (tertiary/aromatic N) is 1. The molecule has 0 unspecified atom stereocenters. The zero-order valence-electron chi connectivity index (χ0n) is 29.9. The number of allylic oxidation sites excluding steroid dienone is 1. The zero-order valence-corrected chi connectivity index (χ0v) is 33.9. The van der Waals surface area contributed by atoms with E-state index in [0.717, 1.165) is 6.42 Å². The molecule has 0 bridgehead atoms. The number of hydrogen-bond donors (Lipinski definition) is 0. The van der Waals surface area contributed by atoms with Gasteiger partial charge < -0.3 is 12.6 Å². The molecule has 3 aliphatic carbocycles. The summed E-state index contributed by atoms with van der Waals surface area (Å²) in [7, 11) is 7.21. The average Bonchev–Trinajstić information content (AvgIpc) is 3.18. The predicted molar refractivity (Wildman–Crippen MR) is 197 cm³/mol. The molecule has 0 saturated carbocycles. The van der Waals surface area contributed by atoms with Gasteiger partial charge in [0.2, 0.25) is 0 Å². The summed E-state index contributed by atoms with van der Waals surface area (Å²) in [5, 5.41) is 12.8. The van der Waals surface area contributed by atoms with Crippen LogP contribution in [-0.2, 0) is 43.8 Å². The first kappa shape index (κ1) is 38.2. The first-order valence-electron chi connectivity index (χ1n) is 16.3. The van der Waals surface area contributed by atoms with Gasteiger partial charge in [0.25, 0.3) is 0 Å². The van der Waals surface area contributed by atoms with Crippen LogP contribution in [0.15, 0.2) is 36.9 Å². The molecule has 0 amide bonds. The summed E-state index contributed by atoms with van der Waals surface area (Å²) in [6.45, 7) is 32.9. The fourth-order valence-electron chi connectivity index (χ4n) is 8.94. The summed E-state index contributed by atoms with van der Waals surface area (Å²) in [5.74, 6) is 0. The minimum atomic E-state index is -2.56. The number of fused-ring (bicyclic) bond motifs is 5. The van der Waals surface area contributed by atoms with E-state index in [1.54, 1.807) is 0 Å². The molecule has 2 aromatic rings. The van der Waals surface area contributed by atoms with E-state index in [2.05, 4.69) is 120 Å². The van der Waals surface area contributed by atoms with Crippen molar-refractivity contribution in [3.05, 3.63) is 82.9 Å². The van der Waals surface area contributed by atoms with Gasteiger partial charge >= 0.3 is 35.6 Å². The monoisotopic (exact) mass is 689 g/mol. The van der Waals surface area contributed by atoms with Gasteiger partial charge in [0.15, 0.2) is 0 Å². The molecule has 0 spiro atoms. The molecule has 44 heavy (non-hydrogen) atoms. The number of hydrogen-bond acceptors (Lipinski definition) is 0. The van der Waals surface area contributed by atoms with E-state index in [-0.39, 0.29) is 40.4 Å². The normalized spacial score (nSPS) is 21.1. The fraction of sp³-hybridized carbons (Fsp3) is 0.615. The summed E-state index contributed by atoms with van der Waals surface area (Å²) in [4.78, 5) is 0. The Hall–Kier alpha value is -0.296. The van der Waals surface area contributed by atoms with E-state index < -0.39 is 29.2 Å².